The summed E-state index contributed by atoms with van der Waals surface area (Å²) in [5.41, 5.74) is 4.28. The number of nitrogens with one attached hydrogen (secondary N) is 1. The average molecular weight is 189 g/mol. The number of benzene rings is 1. The lowest BCUT2D eigenvalue weighted by molar-refractivity contribution is 0.609. The zero-order valence-electron chi connectivity index (χ0n) is 9.30. The van der Waals surface area contributed by atoms with E-state index in [2.05, 4.69) is 44.3 Å². The van der Waals surface area contributed by atoms with E-state index in [1.807, 2.05) is 0 Å². The van der Waals surface area contributed by atoms with Crippen molar-refractivity contribution in [2.75, 3.05) is 6.54 Å². The summed E-state index contributed by atoms with van der Waals surface area (Å²) in [6.07, 6.45) is 1.28. The minimum absolute atomic E-state index is 0.588. The first-order valence-electron chi connectivity index (χ1n) is 5.47. The summed E-state index contributed by atoms with van der Waals surface area (Å²) in [7, 11) is 0. The third kappa shape index (κ3) is 1.83. The van der Waals surface area contributed by atoms with Gasteiger partial charge in [-0.15, -0.1) is 0 Å². The standard InChI is InChI=1S/C13H19N/c1-9-4-5-11(3)12(6-9)13-7-10(2)8-14-13/h4-6,10,13-14H,7-8H2,1-3H3. The highest BCUT2D eigenvalue weighted by Gasteiger charge is 2.22. The van der Waals surface area contributed by atoms with Crippen LogP contribution in [0.4, 0.5) is 0 Å². The van der Waals surface area contributed by atoms with Gasteiger partial charge < -0.3 is 5.32 Å². The Morgan fingerprint density at radius 2 is 2.07 bits per heavy atom. The van der Waals surface area contributed by atoms with Crippen molar-refractivity contribution in [3.8, 4) is 0 Å². The van der Waals surface area contributed by atoms with Crippen molar-refractivity contribution < 1.29 is 0 Å². The van der Waals surface area contributed by atoms with Crippen LogP contribution in [0.25, 0.3) is 0 Å². The fourth-order valence-corrected chi connectivity index (χ4v) is 2.28. The molecule has 2 atom stereocenters. The van der Waals surface area contributed by atoms with E-state index >= 15 is 0 Å². The van der Waals surface area contributed by atoms with Gasteiger partial charge in [-0.1, -0.05) is 30.7 Å². The van der Waals surface area contributed by atoms with Crippen LogP contribution in [0, 0.1) is 19.8 Å². The lowest BCUT2D eigenvalue weighted by atomic mass is 9.96. The van der Waals surface area contributed by atoms with Crippen molar-refractivity contribution >= 4 is 0 Å². The highest BCUT2D eigenvalue weighted by atomic mass is 14.9. The van der Waals surface area contributed by atoms with Crippen LogP contribution in [-0.4, -0.2) is 6.54 Å². The van der Waals surface area contributed by atoms with Gasteiger partial charge in [0.25, 0.3) is 0 Å². The third-order valence-corrected chi connectivity index (χ3v) is 3.16. The summed E-state index contributed by atoms with van der Waals surface area (Å²) in [6.45, 7) is 7.86. The molecule has 0 aliphatic carbocycles. The minimum Gasteiger partial charge on any atom is -0.310 e. The zero-order valence-corrected chi connectivity index (χ0v) is 9.30. The van der Waals surface area contributed by atoms with E-state index in [1.165, 1.54) is 23.1 Å². The van der Waals surface area contributed by atoms with Gasteiger partial charge in [0.05, 0.1) is 0 Å². The minimum atomic E-state index is 0.588. The molecule has 1 nitrogen and oxygen atoms in total. The lowest BCUT2D eigenvalue weighted by Crippen LogP contribution is -2.14. The number of rotatable bonds is 1. The van der Waals surface area contributed by atoms with E-state index in [-0.39, 0.29) is 0 Å². The summed E-state index contributed by atoms with van der Waals surface area (Å²) >= 11 is 0. The first kappa shape index (κ1) is 9.72. The van der Waals surface area contributed by atoms with Gasteiger partial charge in [0.1, 0.15) is 0 Å². The molecule has 0 radical (unpaired) electrons. The average Bonchev–Trinajstić information content (AvgIpc) is 2.56. The molecule has 1 aliphatic heterocycles. The molecule has 1 heteroatoms. The maximum absolute atomic E-state index is 3.59. The van der Waals surface area contributed by atoms with Gasteiger partial charge in [-0.3, -0.25) is 0 Å². The molecule has 0 aromatic heterocycles. The van der Waals surface area contributed by atoms with Crippen LogP contribution in [0.2, 0.25) is 0 Å². The zero-order chi connectivity index (χ0) is 10.1. The summed E-state index contributed by atoms with van der Waals surface area (Å²) < 4.78 is 0. The van der Waals surface area contributed by atoms with Crippen molar-refractivity contribution in [1.29, 1.82) is 0 Å². The quantitative estimate of drug-likeness (QED) is 0.716. The van der Waals surface area contributed by atoms with Crippen LogP contribution < -0.4 is 5.32 Å². The first-order valence-corrected chi connectivity index (χ1v) is 5.47. The molecular weight excluding hydrogens is 170 g/mol. The number of aryl methyl sites for hydroxylation is 2. The van der Waals surface area contributed by atoms with E-state index < -0.39 is 0 Å². The molecule has 1 aromatic carbocycles. The second kappa shape index (κ2) is 3.74. The molecule has 0 spiro atoms. The molecule has 76 valence electrons. The van der Waals surface area contributed by atoms with Gasteiger partial charge in [-0.25, -0.2) is 0 Å². The van der Waals surface area contributed by atoms with E-state index in [0.29, 0.717) is 6.04 Å². The van der Waals surface area contributed by atoms with Gasteiger partial charge in [-0.05, 0) is 43.9 Å². The highest BCUT2D eigenvalue weighted by Crippen LogP contribution is 2.29. The van der Waals surface area contributed by atoms with Crippen molar-refractivity contribution in [3.05, 3.63) is 34.9 Å². The molecule has 2 rings (SSSR count). The van der Waals surface area contributed by atoms with Gasteiger partial charge >= 0.3 is 0 Å². The molecule has 0 saturated carbocycles. The summed E-state index contributed by atoms with van der Waals surface area (Å²) in [5, 5.41) is 3.59. The number of hydrogen-bond acceptors (Lipinski definition) is 1. The molecule has 1 aliphatic rings. The van der Waals surface area contributed by atoms with Crippen LogP contribution >= 0.6 is 0 Å². The molecule has 1 fully saturated rings. The maximum atomic E-state index is 3.59. The van der Waals surface area contributed by atoms with Crippen LogP contribution in [0.1, 0.15) is 36.1 Å². The molecule has 1 heterocycles. The van der Waals surface area contributed by atoms with Gasteiger partial charge in [0.2, 0.25) is 0 Å². The Kier molecular flexibility index (Phi) is 2.60. The van der Waals surface area contributed by atoms with Gasteiger partial charge in [0, 0.05) is 6.04 Å². The van der Waals surface area contributed by atoms with Crippen LogP contribution in [-0.2, 0) is 0 Å². The Labute approximate surface area is 86.5 Å². The molecule has 14 heavy (non-hydrogen) atoms. The van der Waals surface area contributed by atoms with E-state index in [9.17, 15) is 0 Å². The normalized spacial score (nSPS) is 26.8. The van der Waals surface area contributed by atoms with Crippen LogP contribution in [0.15, 0.2) is 18.2 Å². The predicted octanol–water partition coefficient (Wildman–Crippen LogP) is 2.97. The predicted molar refractivity (Wildman–Crippen MR) is 60.4 cm³/mol. The lowest BCUT2D eigenvalue weighted by Gasteiger charge is -2.14. The molecule has 1 saturated heterocycles. The van der Waals surface area contributed by atoms with Crippen molar-refractivity contribution in [1.82, 2.24) is 5.32 Å². The van der Waals surface area contributed by atoms with E-state index in [1.54, 1.807) is 0 Å². The molecular formula is C13H19N. The summed E-state index contributed by atoms with van der Waals surface area (Å²) in [4.78, 5) is 0. The monoisotopic (exact) mass is 189 g/mol. The highest BCUT2D eigenvalue weighted by molar-refractivity contribution is 5.33. The second-order valence-electron chi connectivity index (χ2n) is 4.66. The van der Waals surface area contributed by atoms with Crippen molar-refractivity contribution in [3.63, 3.8) is 0 Å². The summed E-state index contributed by atoms with van der Waals surface area (Å²) in [5.74, 6) is 0.819. The van der Waals surface area contributed by atoms with Gasteiger partial charge in [0.15, 0.2) is 0 Å². The van der Waals surface area contributed by atoms with Crippen LogP contribution in [0.3, 0.4) is 0 Å². The summed E-state index contributed by atoms with van der Waals surface area (Å²) in [6, 6.07) is 7.34. The Bertz CT molecular complexity index is 330. The first-order chi connectivity index (χ1) is 6.66. The largest absolute Gasteiger partial charge is 0.310 e. The molecule has 0 bridgehead atoms. The topological polar surface area (TPSA) is 12.0 Å². The maximum Gasteiger partial charge on any atom is 0.0326 e. The Hall–Kier alpha value is -0.820. The van der Waals surface area contributed by atoms with Crippen molar-refractivity contribution in [2.24, 2.45) is 5.92 Å². The van der Waals surface area contributed by atoms with E-state index in [0.717, 1.165) is 12.5 Å². The molecule has 1 aromatic rings. The van der Waals surface area contributed by atoms with E-state index in [4.69, 9.17) is 0 Å². The smallest absolute Gasteiger partial charge is 0.0326 e. The Morgan fingerprint density at radius 3 is 2.71 bits per heavy atom. The fourth-order valence-electron chi connectivity index (χ4n) is 2.28. The Morgan fingerprint density at radius 1 is 1.29 bits per heavy atom. The van der Waals surface area contributed by atoms with Crippen LogP contribution in [0.5, 0.6) is 0 Å². The molecule has 1 N–H and O–H groups in total. The second-order valence-corrected chi connectivity index (χ2v) is 4.66. The third-order valence-electron chi connectivity index (χ3n) is 3.16. The SMILES string of the molecule is Cc1ccc(C)c(C2CC(C)CN2)c1. The Balaban J connectivity index is 2.27. The van der Waals surface area contributed by atoms with Crippen molar-refractivity contribution in [2.45, 2.75) is 33.2 Å². The van der Waals surface area contributed by atoms with Gasteiger partial charge in [-0.2, -0.15) is 0 Å². The molecule has 2 unspecified atom stereocenters. The molecule has 0 amide bonds. The fraction of sp³-hybridized carbons (Fsp3) is 0.538. The number of hydrogen-bond donors (Lipinski definition) is 1.